The lowest BCUT2D eigenvalue weighted by Gasteiger charge is -2.23. The molecule has 6 heteroatoms. The second kappa shape index (κ2) is 7.84. The van der Waals surface area contributed by atoms with E-state index in [1.165, 1.54) is 4.90 Å². The molecule has 30 heavy (non-hydrogen) atoms. The van der Waals surface area contributed by atoms with E-state index in [4.69, 9.17) is 16.0 Å². The van der Waals surface area contributed by atoms with E-state index in [1.807, 2.05) is 19.1 Å². The number of hydrogen-bond donors (Lipinski definition) is 1. The van der Waals surface area contributed by atoms with Crippen molar-refractivity contribution in [3.05, 3.63) is 93.9 Å². The van der Waals surface area contributed by atoms with Gasteiger partial charge in [-0.3, -0.25) is 14.5 Å². The molecule has 2 heterocycles. The summed E-state index contributed by atoms with van der Waals surface area (Å²) in [4.78, 5) is 27.3. The third-order valence-electron chi connectivity index (χ3n) is 5.20. The highest BCUT2D eigenvalue weighted by Crippen LogP contribution is 2.43. The fraction of sp³-hybridized carbons (Fsp3) is 0.167. The Morgan fingerprint density at radius 3 is 2.43 bits per heavy atom. The predicted molar refractivity (Wildman–Crippen MR) is 115 cm³/mol. The second-order valence-corrected chi connectivity index (χ2v) is 7.58. The van der Waals surface area contributed by atoms with Gasteiger partial charge in [0.15, 0.2) is 0 Å². The first kappa shape index (κ1) is 20.0. The number of benzene rings is 2. The van der Waals surface area contributed by atoms with Crippen LogP contribution in [-0.4, -0.2) is 16.8 Å². The van der Waals surface area contributed by atoms with Crippen molar-refractivity contribution in [2.24, 2.45) is 0 Å². The summed E-state index contributed by atoms with van der Waals surface area (Å²) < 4.78 is 5.77. The fourth-order valence-electron chi connectivity index (χ4n) is 3.65. The highest BCUT2D eigenvalue weighted by atomic mass is 35.5. The van der Waals surface area contributed by atoms with Gasteiger partial charge in [-0.15, -0.1) is 0 Å². The number of hydrogen-bond acceptors (Lipinski definition) is 4. The molecule has 1 fully saturated rings. The van der Waals surface area contributed by atoms with Gasteiger partial charge in [-0.05, 0) is 49.2 Å². The number of aliphatic hydroxyl groups excluding tert-OH is 1. The van der Waals surface area contributed by atoms with E-state index in [1.54, 1.807) is 55.5 Å². The summed E-state index contributed by atoms with van der Waals surface area (Å²) in [6, 6.07) is 16.5. The standard InChI is InChI=1S/C24H20ClNO4/c1-3-15-8-10-16(11-9-15)22(27)20-21(19-12-7-14(2)30-19)26(24(29)23(20)28)18-6-4-5-17(25)13-18/h4-13,21,27H,3H2,1-2H3/b22-20-. The number of amides is 1. The van der Waals surface area contributed by atoms with Crippen LogP contribution in [0.1, 0.15) is 35.6 Å². The van der Waals surface area contributed by atoms with Crippen molar-refractivity contribution in [3.63, 3.8) is 0 Å². The van der Waals surface area contributed by atoms with Crippen molar-refractivity contribution in [1.82, 2.24) is 0 Å². The maximum Gasteiger partial charge on any atom is 0.300 e. The van der Waals surface area contributed by atoms with E-state index in [2.05, 4.69) is 0 Å². The SMILES string of the molecule is CCc1ccc(/C(O)=C2/C(=O)C(=O)N(c3cccc(Cl)c3)C2c2ccc(C)o2)cc1. The van der Waals surface area contributed by atoms with Gasteiger partial charge in [-0.1, -0.05) is 48.9 Å². The number of carbonyl (C=O) groups is 2. The molecule has 0 aliphatic carbocycles. The molecule has 152 valence electrons. The molecule has 1 atom stereocenters. The number of aliphatic hydroxyl groups is 1. The average molecular weight is 422 g/mol. The Balaban J connectivity index is 1.91. The van der Waals surface area contributed by atoms with E-state index in [9.17, 15) is 14.7 Å². The van der Waals surface area contributed by atoms with Crippen molar-refractivity contribution < 1.29 is 19.1 Å². The molecule has 1 unspecified atom stereocenters. The zero-order chi connectivity index (χ0) is 21.4. The minimum atomic E-state index is -0.900. The molecule has 1 aliphatic heterocycles. The van der Waals surface area contributed by atoms with Crippen LogP contribution < -0.4 is 4.90 Å². The third kappa shape index (κ3) is 3.42. The molecule has 1 aliphatic rings. The van der Waals surface area contributed by atoms with E-state index >= 15 is 0 Å². The largest absolute Gasteiger partial charge is 0.507 e. The van der Waals surface area contributed by atoms with Crippen LogP contribution in [-0.2, 0) is 16.0 Å². The molecule has 3 aromatic rings. The summed E-state index contributed by atoms with van der Waals surface area (Å²) in [5, 5.41) is 11.5. The molecule has 1 saturated heterocycles. The van der Waals surface area contributed by atoms with Gasteiger partial charge >= 0.3 is 0 Å². The number of aryl methyl sites for hydroxylation is 2. The van der Waals surface area contributed by atoms with Gasteiger partial charge in [-0.25, -0.2) is 0 Å². The number of halogens is 1. The Morgan fingerprint density at radius 2 is 1.83 bits per heavy atom. The lowest BCUT2D eigenvalue weighted by atomic mass is 9.98. The molecule has 4 rings (SSSR count). The quantitative estimate of drug-likeness (QED) is 0.346. The van der Waals surface area contributed by atoms with E-state index in [0.29, 0.717) is 27.8 Å². The lowest BCUT2D eigenvalue weighted by molar-refractivity contribution is -0.132. The Labute approximate surface area is 179 Å². The molecule has 1 aromatic heterocycles. The van der Waals surface area contributed by atoms with Gasteiger partial charge in [-0.2, -0.15) is 0 Å². The first-order valence-electron chi connectivity index (χ1n) is 9.63. The molecule has 2 aromatic carbocycles. The zero-order valence-electron chi connectivity index (χ0n) is 16.6. The predicted octanol–water partition coefficient (Wildman–Crippen LogP) is 5.43. The molecule has 0 spiro atoms. The van der Waals surface area contributed by atoms with E-state index in [0.717, 1.165) is 12.0 Å². The Kier molecular flexibility index (Phi) is 5.22. The summed E-state index contributed by atoms with van der Waals surface area (Å²) in [5.41, 5.74) is 2.00. The van der Waals surface area contributed by atoms with Crippen LogP contribution in [0.15, 0.2) is 70.7 Å². The maximum atomic E-state index is 13.0. The third-order valence-corrected chi connectivity index (χ3v) is 5.43. The van der Waals surface area contributed by atoms with Gasteiger partial charge in [0.05, 0.1) is 5.57 Å². The van der Waals surface area contributed by atoms with Crippen molar-refractivity contribution in [3.8, 4) is 0 Å². The number of Topliss-reactive ketones (excluding diaryl/α,β-unsaturated/α-hetero) is 1. The second-order valence-electron chi connectivity index (χ2n) is 7.15. The van der Waals surface area contributed by atoms with Crippen LogP contribution in [0.25, 0.3) is 5.76 Å². The molecule has 0 saturated carbocycles. The minimum absolute atomic E-state index is 0.0152. The molecular formula is C24H20ClNO4. The van der Waals surface area contributed by atoms with Crippen LogP contribution in [0.5, 0.6) is 0 Å². The number of carbonyl (C=O) groups excluding carboxylic acids is 2. The number of anilines is 1. The smallest absolute Gasteiger partial charge is 0.300 e. The van der Waals surface area contributed by atoms with Gasteiger partial charge in [0.25, 0.3) is 11.7 Å². The topological polar surface area (TPSA) is 70.8 Å². The Hall–Kier alpha value is -3.31. The van der Waals surface area contributed by atoms with E-state index in [-0.39, 0.29) is 11.3 Å². The first-order chi connectivity index (χ1) is 14.4. The fourth-order valence-corrected chi connectivity index (χ4v) is 3.83. The molecule has 0 radical (unpaired) electrons. The number of rotatable bonds is 4. The highest BCUT2D eigenvalue weighted by Gasteiger charge is 2.48. The summed E-state index contributed by atoms with van der Waals surface area (Å²) >= 11 is 6.12. The van der Waals surface area contributed by atoms with Crippen LogP contribution in [0.4, 0.5) is 5.69 Å². The number of ketones is 1. The van der Waals surface area contributed by atoms with Gasteiger partial charge in [0.2, 0.25) is 0 Å². The molecule has 1 N–H and O–H groups in total. The monoisotopic (exact) mass is 421 g/mol. The van der Waals surface area contributed by atoms with Gasteiger partial charge in [0.1, 0.15) is 23.3 Å². The van der Waals surface area contributed by atoms with Crippen molar-refractivity contribution in [1.29, 1.82) is 0 Å². The number of nitrogens with zero attached hydrogens (tertiary/aromatic N) is 1. The normalized spacial score (nSPS) is 18.2. The maximum absolute atomic E-state index is 13.0. The van der Waals surface area contributed by atoms with Crippen LogP contribution in [0.2, 0.25) is 5.02 Å². The first-order valence-corrected chi connectivity index (χ1v) is 10.0. The Bertz CT molecular complexity index is 1160. The highest BCUT2D eigenvalue weighted by molar-refractivity contribution is 6.51. The Morgan fingerprint density at radius 1 is 1.10 bits per heavy atom. The van der Waals surface area contributed by atoms with Crippen LogP contribution in [0.3, 0.4) is 0 Å². The average Bonchev–Trinajstić information content (AvgIpc) is 3.28. The van der Waals surface area contributed by atoms with Gasteiger partial charge in [0, 0.05) is 16.3 Å². The number of furan rings is 1. The molecular weight excluding hydrogens is 402 g/mol. The summed E-state index contributed by atoms with van der Waals surface area (Å²) in [7, 11) is 0. The van der Waals surface area contributed by atoms with E-state index < -0.39 is 17.7 Å². The van der Waals surface area contributed by atoms with Crippen molar-refractivity contribution in [2.75, 3.05) is 4.90 Å². The zero-order valence-corrected chi connectivity index (χ0v) is 17.3. The summed E-state index contributed by atoms with van der Waals surface area (Å²) in [6.07, 6.45) is 0.853. The summed E-state index contributed by atoms with van der Waals surface area (Å²) in [6.45, 7) is 3.81. The van der Waals surface area contributed by atoms with Crippen LogP contribution in [0, 0.1) is 6.92 Å². The summed E-state index contributed by atoms with van der Waals surface area (Å²) in [5.74, 6) is -0.735. The van der Waals surface area contributed by atoms with Crippen molar-refractivity contribution in [2.45, 2.75) is 26.3 Å². The molecule has 1 amide bonds. The van der Waals surface area contributed by atoms with Crippen LogP contribution >= 0.6 is 11.6 Å². The molecule has 0 bridgehead atoms. The lowest BCUT2D eigenvalue weighted by Crippen LogP contribution is -2.29. The minimum Gasteiger partial charge on any atom is -0.507 e. The molecule has 5 nitrogen and oxygen atoms in total. The van der Waals surface area contributed by atoms with Crippen molar-refractivity contribution >= 4 is 34.7 Å². The van der Waals surface area contributed by atoms with Gasteiger partial charge < -0.3 is 9.52 Å².